The van der Waals surface area contributed by atoms with E-state index in [2.05, 4.69) is 35.4 Å². The van der Waals surface area contributed by atoms with Crippen LogP contribution in [0.4, 0.5) is 5.82 Å². The monoisotopic (exact) mass is 285 g/mol. The van der Waals surface area contributed by atoms with Crippen LogP contribution in [-0.4, -0.2) is 18.6 Å². The van der Waals surface area contributed by atoms with Gasteiger partial charge in [-0.2, -0.15) is 0 Å². The fraction of sp³-hybridized carbons (Fsp3) is 0.353. The highest BCUT2D eigenvalue weighted by atomic mass is 16.5. The molecule has 2 rings (SSSR count). The number of hydrogen-bond donors (Lipinski definition) is 2. The molecule has 0 saturated heterocycles. The maximum Gasteiger partial charge on any atom is 0.128 e. The van der Waals surface area contributed by atoms with Crippen molar-refractivity contribution >= 4 is 5.82 Å². The van der Waals surface area contributed by atoms with Crippen molar-refractivity contribution in [1.29, 1.82) is 0 Å². The quantitative estimate of drug-likeness (QED) is 0.857. The molecule has 0 fully saturated rings. The van der Waals surface area contributed by atoms with Gasteiger partial charge in [0.05, 0.1) is 7.11 Å². The predicted octanol–water partition coefficient (Wildman–Crippen LogP) is 2.87. The molecule has 2 aromatic rings. The summed E-state index contributed by atoms with van der Waals surface area (Å²) in [6, 6.07) is 10.4. The van der Waals surface area contributed by atoms with Crippen LogP contribution in [-0.2, 0) is 6.42 Å². The Morgan fingerprint density at radius 1 is 1.29 bits per heavy atom. The van der Waals surface area contributed by atoms with Gasteiger partial charge in [0.1, 0.15) is 11.6 Å². The maximum absolute atomic E-state index is 6.05. The lowest BCUT2D eigenvalue weighted by Crippen LogP contribution is -2.24. The average Bonchev–Trinajstić information content (AvgIpc) is 2.50. The van der Waals surface area contributed by atoms with Crippen molar-refractivity contribution in [2.75, 3.05) is 19.4 Å². The van der Waals surface area contributed by atoms with Gasteiger partial charge in [-0.15, -0.1) is 0 Å². The third-order valence-electron chi connectivity index (χ3n) is 3.51. The van der Waals surface area contributed by atoms with E-state index in [4.69, 9.17) is 10.5 Å². The molecule has 21 heavy (non-hydrogen) atoms. The minimum absolute atomic E-state index is 0.163. The summed E-state index contributed by atoms with van der Waals surface area (Å²) in [6.45, 7) is 5.01. The molecule has 1 atom stereocenters. The summed E-state index contributed by atoms with van der Waals surface area (Å²) >= 11 is 0. The Morgan fingerprint density at radius 3 is 2.62 bits per heavy atom. The van der Waals surface area contributed by atoms with Gasteiger partial charge in [0.15, 0.2) is 0 Å². The van der Waals surface area contributed by atoms with Crippen LogP contribution in [0.2, 0.25) is 0 Å². The van der Waals surface area contributed by atoms with Crippen molar-refractivity contribution in [3.8, 4) is 5.75 Å². The number of nitrogen functional groups attached to an aromatic ring is 1. The first kappa shape index (κ1) is 15.3. The minimum atomic E-state index is 0.163. The zero-order valence-corrected chi connectivity index (χ0v) is 12.9. The standard InChI is InChI=1S/C17H23N3O/c1-4-19-16(15-9-12(2)11-20-17(15)18)10-13-5-7-14(21-3)8-6-13/h5-9,11,16,19H,4,10H2,1-3H3,(H2,18,20). The van der Waals surface area contributed by atoms with E-state index in [1.54, 1.807) is 13.3 Å². The summed E-state index contributed by atoms with van der Waals surface area (Å²) in [6.07, 6.45) is 2.67. The lowest BCUT2D eigenvalue weighted by molar-refractivity contribution is 0.414. The molecular formula is C17H23N3O. The number of likely N-dealkylation sites (N-methyl/N-ethyl adjacent to an activating group) is 1. The van der Waals surface area contributed by atoms with E-state index in [0.29, 0.717) is 5.82 Å². The molecule has 0 bridgehead atoms. The second kappa shape index (κ2) is 7.09. The second-order valence-corrected chi connectivity index (χ2v) is 5.15. The Labute approximate surface area is 126 Å². The van der Waals surface area contributed by atoms with E-state index in [9.17, 15) is 0 Å². The molecule has 0 amide bonds. The fourth-order valence-corrected chi connectivity index (χ4v) is 2.42. The van der Waals surface area contributed by atoms with Crippen molar-refractivity contribution < 1.29 is 4.74 Å². The molecule has 0 aliphatic heterocycles. The van der Waals surface area contributed by atoms with E-state index in [1.165, 1.54) is 5.56 Å². The van der Waals surface area contributed by atoms with Crippen LogP contribution < -0.4 is 15.8 Å². The van der Waals surface area contributed by atoms with E-state index in [-0.39, 0.29) is 6.04 Å². The number of nitrogens with zero attached hydrogens (tertiary/aromatic N) is 1. The van der Waals surface area contributed by atoms with Crippen LogP contribution in [0.15, 0.2) is 36.5 Å². The third-order valence-corrected chi connectivity index (χ3v) is 3.51. The Balaban J connectivity index is 2.23. The smallest absolute Gasteiger partial charge is 0.128 e. The SMILES string of the molecule is CCNC(Cc1ccc(OC)cc1)c1cc(C)cnc1N. The average molecular weight is 285 g/mol. The molecule has 0 aliphatic carbocycles. The number of ether oxygens (including phenoxy) is 1. The van der Waals surface area contributed by atoms with E-state index >= 15 is 0 Å². The van der Waals surface area contributed by atoms with Crippen LogP contribution in [0.5, 0.6) is 5.75 Å². The zero-order valence-electron chi connectivity index (χ0n) is 12.9. The van der Waals surface area contributed by atoms with Gasteiger partial charge in [0.2, 0.25) is 0 Å². The van der Waals surface area contributed by atoms with Crippen LogP contribution in [0.1, 0.15) is 29.7 Å². The van der Waals surface area contributed by atoms with Gasteiger partial charge in [-0.3, -0.25) is 0 Å². The van der Waals surface area contributed by atoms with Gasteiger partial charge in [-0.05, 0) is 49.2 Å². The first-order valence-corrected chi connectivity index (χ1v) is 7.22. The number of aromatic nitrogens is 1. The summed E-state index contributed by atoms with van der Waals surface area (Å²) in [5, 5.41) is 3.49. The first-order valence-electron chi connectivity index (χ1n) is 7.22. The van der Waals surface area contributed by atoms with Gasteiger partial charge in [0.25, 0.3) is 0 Å². The van der Waals surface area contributed by atoms with E-state index in [1.807, 2.05) is 19.1 Å². The molecule has 1 unspecified atom stereocenters. The highest BCUT2D eigenvalue weighted by Crippen LogP contribution is 2.24. The highest BCUT2D eigenvalue weighted by molar-refractivity contribution is 5.44. The summed E-state index contributed by atoms with van der Waals surface area (Å²) in [5.74, 6) is 1.47. The number of pyridine rings is 1. The topological polar surface area (TPSA) is 60.2 Å². The number of rotatable bonds is 6. The molecule has 4 nitrogen and oxygen atoms in total. The van der Waals surface area contributed by atoms with Crippen LogP contribution >= 0.6 is 0 Å². The third kappa shape index (κ3) is 3.95. The summed E-state index contributed by atoms with van der Waals surface area (Å²) in [5.41, 5.74) is 9.47. The maximum atomic E-state index is 6.05. The highest BCUT2D eigenvalue weighted by Gasteiger charge is 2.15. The molecular weight excluding hydrogens is 262 g/mol. The zero-order chi connectivity index (χ0) is 15.2. The Morgan fingerprint density at radius 2 is 2.00 bits per heavy atom. The van der Waals surface area contributed by atoms with Gasteiger partial charge < -0.3 is 15.8 Å². The van der Waals surface area contributed by atoms with Crippen molar-refractivity contribution in [2.24, 2.45) is 0 Å². The summed E-state index contributed by atoms with van der Waals surface area (Å²) in [4.78, 5) is 4.27. The van der Waals surface area contributed by atoms with Crippen molar-refractivity contribution in [2.45, 2.75) is 26.3 Å². The van der Waals surface area contributed by atoms with Crippen LogP contribution in [0, 0.1) is 6.92 Å². The molecule has 4 heteroatoms. The summed E-state index contributed by atoms with van der Waals surface area (Å²) < 4.78 is 5.20. The first-order chi connectivity index (χ1) is 10.1. The largest absolute Gasteiger partial charge is 0.497 e. The summed E-state index contributed by atoms with van der Waals surface area (Å²) in [7, 11) is 1.68. The Kier molecular flexibility index (Phi) is 5.17. The molecule has 0 radical (unpaired) electrons. The number of anilines is 1. The molecule has 1 heterocycles. The molecule has 112 valence electrons. The normalized spacial score (nSPS) is 12.1. The molecule has 1 aromatic heterocycles. The lowest BCUT2D eigenvalue weighted by Gasteiger charge is -2.20. The predicted molar refractivity (Wildman–Crippen MR) is 86.5 cm³/mol. The lowest BCUT2D eigenvalue weighted by atomic mass is 9.98. The molecule has 1 aromatic carbocycles. The van der Waals surface area contributed by atoms with E-state index < -0.39 is 0 Å². The van der Waals surface area contributed by atoms with Crippen LogP contribution in [0.25, 0.3) is 0 Å². The van der Waals surface area contributed by atoms with Gasteiger partial charge in [-0.1, -0.05) is 19.1 Å². The number of hydrogen-bond acceptors (Lipinski definition) is 4. The number of nitrogens with one attached hydrogen (secondary N) is 1. The molecule has 3 N–H and O–H groups in total. The molecule has 0 aliphatic rings. The second-order valence-electron chi connectivity index (χ2n) is 5.15. The number of methoxy groups -OCH3 is 1. The Bertz CT molecular complexity index is 581. The molecule has 0 saturated carbocycles. The van der Waals surface area contributed by atoms with E-state index in [0.717, 1.165) is 29.8 Å². The number of benzene rings is 1. The molecule has 0 spiro atoms. The van der Waals surface area contributed by atoms with Gasteiger partial charge in [0, 0.05) is 17.8 Å². The number of nitrogens with two attached hydrogens (primary N) is 1. The van der Waals surface area contributed by atoms with Gasteiger partial charge >= 0.3 is 0 Å². The fourth-order valence-electron chi connectivity index (χ4n) is 2.42. The Hall–Kier alpha value is -2.07. The van der Waals surface area contributed by atoms with Crippen molar-refractivity contribution in [3.05, 3.63) is 53.2 Å². The van der Waals surface area contributed by atoms with Crippen molar-refractivity contribution in [1.82, 2.24) is 10.3 Å². The number of aryl methyl sites for hydroxylation is 1. The van der Waals surface area contributed by atoms with Crippen LogP contribution in [0.3, 0.4) is 0 Å². The van der Waals surface area contributed by atoms with Crippen molar-refractivity contribution in [3.63, 3.8) is 0 Å². The minimum Gasteiger partial charge on any atom is -0.497 e. The van der Waals surface area contributed by atoms with Gasteiger partial charge in [-0.25, -0.2) is 4.98 Å².